The Morgan fingerprint density at radius 1 is 1.06 bits per heavy atom. The van der Waals surface area contributed by atoms with E-state index in [0.717, 1.165) is 42.7 Å². The third-order valence-corrected chi connectivity index (χ3v) is 7.90. The van der Waals surface area contributed by atoms with Gasteiger partial charge in [-0.3, -0.25) is 9.78 Å². The van der Waals surface area contributed by atoms with Crippen LogP contribution in [0.4, 0.5) is 4.79 Å². The topological polar surface area (TPSA) is 80.3 Å². The molecule has 2 unspecified atom stereocenters. The van der Waals surface area contributed by atoms with Crippen molar-refractivity contribution in [2.24, 2.45) is 11.8 Å². The highest BCUT2D eigenvalue weighted by atomic mass is 32.1. The summed E-state index contributed by atoms with van der Waals surface area (Å²) in [5, 5.41) is 8.61. The van der Waals surface area contributed by atoms with E-state index in [1.807, 2.05) is 50.4 Å². The summed E-state index contributed by atoms with van der Waals surface area (Å²) in [5.41, 5.74) is 0.367. The molecule has 2 aromatic rings. The fraction of sp³-hybridized carbons (Fsp3) is 0.560. The van der Waals surface area contributed by atoms with Crippen LogP contribution in [0.2, 0.25) is 0 Å². The number of alkyl carbamates (subject to hydrolysis) is 1. The van der Waals surface area contributed by atoms with Crippen molar-refractivity contribution in [2.45, 2.75) is 76.0 Å². The number of thiophene rings is 1. The first-order chi connectivity index (χ1) is 15.1. The average molecular weight is 454 g/mol. The van der Waals surface area contributed by atoms with Gasteiger partial charge in [0.15, 0.2) is 0 Å². The molecule has 4 saturated carbocycles. The Morgan fingerprint density at radius 2 is 1.75 bits per heavy atom. The van der Waals surface area contributed by atoms with Crippen LogP contribution in [0, 0.1) is 11.8 Å². The summed E-state index contributed by atoms with van der Waals surface area (Å²) in [5.74, 6) is 0.959. The van der Waals surface area contributed by atoms with Gasteiger partial charge in [-0.2, -0.15) is 0 Å². The first-order valence-corrected chi connectivity index (χ1v) is 12.3. The van der Waals surface area contributed by atoms with Crippen molar-refractivity contribution in [3.05, 3.63) is 41.4 Å². The van der Waals surface area contributed by atoms with Gasteiger partial charge in [0.05, 0.1) is 16.1 Å². The predicted octanol–water partition coefficient (Wildman–Crippen LogP) is 5.16. The summed E-state index contributed by atoms with van der Waals surface area (Å²) in [7, 11) is 0. The number of aromatic nitrogens is 1. The van der Waals surface area contributed by atoms with Crippen molar-refractivity contribution in [2.75, 3.05) is 0 Å². The number of amides is 2. The van der Waals surface area contributed by atoms with E-state index in [1.54, 1.807) is 17.5 Å². The minimum absolute atomic E-state index is 0.0791. The molecule has 4 aliphatic rings. The molecule has 2 heterocycles. The Bertz CT molecular complexity index is 996. The largest absolute Gasteiger partial charge is 0.444 e. The molecule has 4 aliphatic carbocycles. The lowest BCUT2D eigenvalue weighted by Gasteiger charge is -2.62. The van der Waals surface area contributed by atoms with E-state index in [4.69, 9.17) is 4.74 Å². The van der Waals surface area contributed by atoms with Crippen molar-refractivity contribution >= 4 is 23.3 Å². The van der Waals surface area contributed by atoms with Crippen LogP contribution in [0.5, 0.6) is 0 Å². The third-order valence-electron chi connectivity index (χ3n) is 7.01. The van der Waals surface area contributed by atoms with Crippen LogP contribution in [0.3, 0.4) is 0 Å². The van der Waals surface area contributed by atoms with Gasteiger partial charge >= 0.3 is 6.09 Å². The number of nitrogens with zero attached hydrogens (tertiary/aromatic N) is 1. The Balaban J connectivity index is 1.31. The van der Waals surface area contributed by atoms with E-state index in [-0.39, 0.29) is 23.1 Å². The van der Waals surface area contributed by atoms with Gasteiger partial charge in [0.25, 0.3) is 5.91 Å². The molecule has 2 N–H and O–H groups in total. The number of hydrogen-bond acceptors (Lipinski definition) is 5. The molecular weight excluding hydrogens is 422 g/mol. The molecule has 2 amide bonds. The highest BCUT2D eigenvalue weighted by molar-refractivity contribution is 7.13. The lowest BCUT2D eigenvalue weighted by molar-refractivity contribution is -0.0509. The number of nitrogens with one attached hydrogen (secondary N) is 2. The first-order valence-electron chi connectivity index (χ1n) is 11.5. The summed E-state index contributed by atoms with van der Waals surface area (Å²) in [4.78, 5) is 31.4. The van der Waals surface area contributed by atoms with Crippen molar-refractivity contribution in [3.8, 4) is 10.6 Å². The Morgan fingerprint density at radius 3 is 2.31 bits per heavy atom. The quantitative estimate of drug-likeness (QED) is 0.670. The predicted molar refractivity (Wildman–Crippen MR) is 125 cm³/mol. The normalized spacial score (nSPS) is 30.7. The van der Waals surface area contributed by atoms with Gasteiger partial charge in [-0.05, 0) is 94.7 Å². The van der Waals surface area contributed by atoms with Crippen LogP contribution in [-0.2, 0) is 4.74 Å². The number of pyridine rings is 1. The van der Waals surface area contributed by atoms with Crippen LogP contribution in [0.25, 0.3) is 10.6 Å². The maximum atomic E-state index is 13.2. The molecule has 6 rings (SSSR count). The van der Waals surface area contributed by atoms with Crippen molar-refractivity contribution in [1.82, 2.24) is 15.6 Å². The van der Waals surface area contributed by atoms with E-state index >= 15 is 0 Å². The molecule has 32 heavy (non-hydrogen) atoms. The lowest BCUT2D eigenvalue weighted by Crippen LogP contribution is -2.70. The molecule has 0 radical (unpaired) electrons. The van der Waals surface area contributed by atoms with Crippen molar-refractivity contribution < 1.29 is 14.3 Å². The monoisotopic (exact) mass is 453 g/mol. The van der Waals surface area contributed by atoms with E-state index in [0.29, 0.717) is 17.4 Å². The summed E-state index contributed by atoms with van der Waals surface area (Å²) in [6.45, 7) is 5.64. The molecule has 0 aliphatic heterocycles. The maximum Gasteiger partial charge on any atom is 0.408 e. The fourth-order valence-electron chi connectivity index (χ4n) is 6.49. The minimum atomic E-state index is -0.527. The van der Waals surface area contributed by atoms with E-state index in [1.165, 1.54) is 6.42 Å². The third kappa shape index (κ3) is 4.27. The van der Waals surface area contributed by atoms with Gasteiger partial charge in [0.2, 0.25) is 0 Å². The highest BCUT2D eigenvalue weighted by Crippen LogP contribution is 2.57. The molecule has 170 valence electrons. The SMILES string of the molecule is CC(C)(C)OC(=O)NC12C[C@H]3C[C@@H](C1)CC(NC(=O)c1ccc(-c4cccs4)nc1)(C3)C2. The molecule has 7 heteroatoms. The van der Waals surface area contributed by atoms with Gasteiger partial charge in [-0.1, -0.05) is 6.07 Å². The summed E-state index contributed by atoms with van der Waals surface area (Å²) in [6.07, 6.45) is 7.16. The van der Waals surface area contributed by atoms with Crippen LogP contribution < -0.4 is 10.6 Å². The summed E-state index contributed by atoms with van der Waals surface area (Å²) >= 11 is 1.63. The molecule has 4 atom stereocenters. The molecular formula is C25H31N3O3S. The Kier molecular flexibility index (Phi) is 5.08. The number of ether oxygens (including phenoxy) is 1. The molecule has 4 bridgehead atoms. The fourth-order valence-corrected chi connectivity index (χ4v) is 7.19. The lowest BCUT2D eigenvalue weighted by atomic mass is 9.50. The van der Waals surface area contributed by atoms with Crippen molar-refractivity contribution in [3.63, 3.8) is 0 Å². The summed E-state index contributed by atoms with van der Waals surface area (Å²) in [6, 6.07) is 7.79. The molecule has 6 nitrogen and oxygen atoms in total. The first kappa shape index (κ1) is 21.4. The maximum absolute atomic E-state index is 13.2. The van der Waals surface area contributed by atoms with Gasteiger partial charge in [-0.15, -0.1) is 11.3 Å². The van der Waals surface area contributed by atoms with E-state index in [2.05, 4.69) is 15.6 Å². The van der Waals surface area contributed by atoms with Gasteiger partial charge in [0, 0.05) is 17.3 Å². The minimum Gasteiger partial charge on any atom is -0.444 e. The summed E-state index contributed by atoms with van der Waals surface area (Å²) < 4.78 is 5.56. The molecule has 4 fully saturated rings. The second kappa shape index (κ2) is 7.58. The smallest absolute Gasteiger partial charge is 0.408 e. The Labute approximate surface area is 193 Å². The molecule has 0 spiro atoms. The number of rotatable bonds is 4. The zero-order valence-corrected chi connectivity index (χ0v) is 19.8. The number of carbonyl (C=O) groups is 2. The second-order valence-electron chi connectivity index (χ2n) is 11.0. The standard InChI is InChI=1S/C25H31N3O3S/c1-23(2,3)31-22(30)28-25-12-16-9-17(13-25)11-24(10-16,15-25)27-21(29)18-6-7-19(26-14-18)20-5-4-8-32-20/h4-8,14,16-17H,9-13,15H2,1-3H3,(H,27,29)(H,28,30)/t16-,17+,24?,25?. The molecule has 2 aromatic heterocycles. The second-order valence-corrected chi connectivity index (χ2v) is 12.0. The Hall–Kier alpha value is -2.41. The van der Waals surface area contributed by atoms with Crippen LogP contribution in [-0.4, -0.2) is 33.7 Å². The van der Waals surface area contributed by atoms with Gasteiger partial charge in [-0.25, -0.2) is 4.79 Å². The highest BCUT2D eigenvalue weighted by Gasteiger charge is 2.59. The number of carbonyl (C=O) groups excluding carboxylic acids is 2. The zero-order valence-electron chi connectivity index (χ0n) is 18.9. The number of hydrogen-bond donors (Lipinski definition) is 2. The van der Waals surface area contributed by atoms with E-state index < -0.39 is 5.60 Å². The van der Waals surface area contributed by atoms with Crippen LogP contribution >= 0.6 is 11.3 Å². The van der Waals surface area contributed by atoms with Crippen LogP contribution in [0.15, 0.2) is 35.8 Å². The van der Waals surface area contributed by atoms with Crippen LogP contribution in [0.1, 0.15) is 69.7 Å². The van der Waals surface area contributed by atoms with Gasteiger partial charge < -0.3 is 15.4 Å². The van der Waals surface area contributed by atoms with E-state index in [9.17, 15) is 9.59 Å². The zero-order chi connectivity index (χ0) is 22.6. The molecule has 0 aromatic carbocycles. The van der Waals surface area contributed by atoms with Gasteiger partial charge in [0.1, 0.15) is 5.60 Å². The average Bonchev–Trinajstić information content (AvgIpc) is 3.19. The molecule has 0 saturated heterocycles. The van der Waals surface area contributed by atoms with Crippen molar-refractivity contribution in [1.29, 1.82) is 0 Å².